The quantitative estimate of drug-likeness (QED) is 0.720. The van der Waals surface area contributed by atoms with Crippen LogP contribution >= 0.6 is 0 Å². The Hall–Kier alpha value is -0.860. The number of aliphatic hydroxyl groups is 1. The zero-order valence-electron chi connectivity index (χ0n) is 12.7. The summed E-state index contributed by atoms with van der Waals surface area (Å²) in [7, 11) is 0. The van der Waals surface area contributed by atoms with E-state index in [9.17, 15) is 0 Å². The predicted octanol–water partition coefficient (Wildman–Crippen LogP) is 3.84. The number of aliphatic hydroxyl groups excluding tert-OH is 1. The molecule has 1 aromatic carbocycles. The molecule has 0 aliphatic carbocycles. The lowest BCUT2D eigenvalue weighted by molar-refractivity contribution is 0.124. The van der Waals surface area contributed by atoms with Crippen molar-refractivity contribution in [3.05, 3.63) is 35.9 Å². The van der Waals surface area contributed by atoms with Crippen LogP contribution in [0.2, 0.25) is 0 Å². The van der Waals surface area contributed by atoms with E-state index < -0.39 is 0 Å². The Kier molecular flexibility index (Phi) is 7.11. The molecular weight excluding hydrogens is 234 g/mol. The van der Waals surface area contributed by atoms with Gasteiger partial charge in [-0.15, -0.1) is 0 Å². The SMILES string of the molecule is CC(C)(C)N(CCCCCCO)Cc1ccccc1. The third-order valence-corrected chi connectivity index (χ3v) is 3.50. The van der Waals surface area contributed by atoms with Gasteiger partial charge in [-0.25, -0.2) is 0 Å². The van der Waals surface area contributed by atoms with Crippen LogP contribution in [-0.2, 0) is 6.54 Å². The first-order valence-electron chi connectivity index (χ1n) is 7.44. The topological polar surface area (TPSA) is 23.5 Å². The highest BCUT2D eigenvalue weighted by atomic mass is 16.2. The van der Waals surface area contributed by atoms with Gasteiger partial charge >= 0.3 is 0 Å². The third-order valence-electron chi connectivity index (χ3n) is 3.50. The highest BCUT2D eigenvalue weighted by molar-refractivity contribution is 5.14. The summed E-state index contributed by atoms with van der Waals surface area (Å²) < 4.78 is 0. The molecule has 108 valence electrons. The van der Waals surface area contributed by atoms with Gasteiger partial charge in [0.05, 0.1) is 0 Å². The second-order valence-corrected chi connectivity index (χ2v) is 6.22. The maximum absolute atomic E-state index is 8.79. The van der Waals surface area contributed by atoms with Crippen molar-refractivity contribution in [2.75, 3.05) is 13.2 Å². The van der Waals surface area contributed by atoms with Crippen LogP contribution in [0.1, 0.15) is 52.0 Å². The smallest absolute Gasteiger partial charge is 0.0431 e. The number of unbranched alkanes of at least 4 members (excludes halogenated alkanes) is 3. The normalized spacial score (nSPS) is 12.1. The summed E-state index contributed by atoms with van der Waals surface area (Å²) in [4.78, 5) is 2.54. The molecule has 0 aliphatic heterocycles. The van der Waals surface area contributed by atoms with E-state index in [4.69, 9.17) is 5.11 Å². The summed E-state index contributed by atoms with van der Waals surface area (Å²) in [5, 5.41) is 8.79. The van der Waals surface area contributed by atoms with Gasteiger partial charge in [0, 0.05) is 18.7 Å². The number of hydrogen-bond acceptors (Lipinski definition) is 2. The summed E-state index contributed by atoms with van der Waals surface area (Å²) >= 11 is 0. The van der Waals surface area contributed by atoms with Gasteiger partial charge in [0.25, 0.3) is 0 Å². The van der Waals surface area contributed by atoms with Crippen molar-refractivity contribution in [2.45, 2.75) is 58.5 Å². The monoisotopic (exact) mass is 263 g/mol. The molecule has 0 atom stereocenters. The van der Waals surface area contributed by atoms with Crippen molar-refractivity contribution in [1.82, 2.24) is 4.90 Å². The molecule has 0 heterocycles. The van der Waals surface area contributed by atoms with Crippen molar-refractivity contribution < 1.29 is 5.11 Å². The molecule has 2 heteroatoms. The molecule has 0 saturated heterocycles. The van der Waals surface area contributed by atoms with Crippen molar-refractivity contribution in [3.8, 4) is 0 Å². The Bertz CT molecular complexity index is 329. The van der Waals surface area contributed by atoms with Crippen LogP contribution in [0.3, 0.4) is 0 Å². The first kappa shape index (κ1) is 16.2. The molecule has 1 rings (SSSR count). The maximum Gasteiger partial charge on any atom is 0.0431 e. The second kappa shape index (κ2) is 8.34. The first-order valence-corrected chi connectivity index (χ1v) is 7.44. The minimum absolute atomic E-state index is 0.201. The maximum atomic E-state index is 8.79. The first-order chi connectivity index (χ1) is 9.04. The van der Waals surface area contributed by atoms with Crippen molar-refractivity contribution in [2.24, 2.45) is 0 Å². The van der Waals surface area contributed by atoms with Crippen molar-refractivity contribution >= 4 is 0 Å². The molecule has 0 amide bonds. The van der Waals surface area contributed by atoms with Crippen LogP contribution < -0.4 is 0 Å². The fourth-order valence-electron chi connectivity index (χ4n) is 2.22. The third kappa shape index (κ3) is 6.74. The molecule has 0 fully saturated rings. The fourth-order valence-corrected chi connectivity index (χ4v) is 2.22. The van der Waals surface area contributed by atoms with E-state index in [2.05, 4.69) is 56.0 Å². The molecule has 0 unspecified atom stereocenters. The predicted molar refractivity (Wildman–Crippen MR) is 82.2 cm³/mol. The molecule has 0 radical (unpaired) electrons. The lowest BCUT2D eigenvalue weighted by atomic mass is 10.0. The van der Waals surface area contributed by atoms with Crippen molar-refractivity contribution in [1.29, 1.82) is 0 Å². The Morgan fingerprint density at radius 3 is 2.16 bits per heavy atom. The molecular formula is C17H29NO. The summed E-state index contributed by atoms with van der Waals surface area (Å²) in [5.74, 6) is 0. The fraction of sp³-hybridized carbons (Fsp3) is 0.647. The molecule has 0 spiro atoms. The van der Waals surface area contributed by atoms with Crippen LogP contribution in [0, 0.1) is 0 Å². The summed E-state index contributed by atoms with van der Waals surface area (Å²) in [5.41, 5.74) is 1.58. The van der Waals surface area contributed by atoms with Crippen molar-refractivity contribution in [3.63, 3.8) is 0 Å². The van der Waals surface area contributed by atoms with E-state index in [0.717, 1.165) is 25.9 Å². The average Bonchev–Trinajstić information content (AvgIpc) is 2.37. The molecule has 2 nitrogen and oxygen atoms in total. The standard InChI is InChI=1S/C17H29NO/c1-17(2,3)18(13-9-4-5-10-14-19)15-16-11-7-6-8-12-16/h6-8,11-12,19H,4-5,9-10,13-15H2,1-3H3. The van der Waals surface area contributed by atoms with E-state index in [1.165, 1.54) is 18.4 Å². The van der Waals surface area contributed by atoms with Gasteiger partial charge < -0.3 is 5.11 Å². The number of benzene rings is 1. The Balaban J connectivity index is 2.44. The molecule has 0 aromatic heterocycles. The second-order valence-electron chi connectivity index (χ2n) is 6.22. The van der Waals surface area contributed by atoms with E-state index >= 15 is 0 Å². The number of hydrogen-bond donors (Lipinski definition) is 1. The van der Waals surface area contributed by atoms with Gasteiger partial charge in [-0.2, -0.15) is 0 Å². The molecule has 1 N–H and O–H groups in total. The van der Waals surface area contributed by atoms with Crippen LogP contribution in [0.5, 0.6) is 0 Å². The lowest BCUT2D eigenvalue weighted by Gasteiger charge is -2.36. The zero-order valence-corrected chi connectivity index (χ0v) is 12.7. The minimum atomic E-state index is 0.201. The molecule has 1 aromatic rings. The lowest BCUT2D eigenvalue weighted by Crippen LogP contribution is -2.41. The molecule has 19 heavy (non-hydrogen) atoms. The van der Waals surface area contributed by atoms with Gasteiger partial charge in [0.15, 0.2) is 0 Å². The number of rotatable bonds is 8. The van der Waals surface area contributed by atoms with E-state index in [0.29, 0.717) is 6.61 Å². The molecule has 0 bridgehead atoms. The highest BCUT2D eigenvalue weighted by Gasteiger charge is 2.20. The van der Waals surface area contributed by atoms with E-state index in [-0.39, 0.29) is 5.54 Å². The van der Waals surface area contributed by atoms with Gasteiger partial charge in [-0.1, -0.05) is 43.2 Å². The average molecular weight is 263 g/mol. The van der Waals surface area contributed by atoms with Crippen LogP contribution in [-0.4, -0.2) is 28.7 Å². The summed E-state index contributed by atoms with van der Waals surface area (Å²) in [6, 6.07) is 10.7. The van der Waals surface area contributed by atoms with Gasteiger partial charge in [-0.3, -0.25) is 4.90 Å². The van der Waals surface area contributed by atoms with Crippen LogP contribution in [0.25, 0.3) is 0 Å². The van der Waals surface area contributed by atoms with E-state index in [1.807, 2.05) is 0 Å². The van der Waals surface area contributed by atoms with Crippen LogP contribution in [0.4, 0.5) is 0 Å². The van der Waals surface area contributed by atoms with Gasteiger partial charge in [-0.05, 0) is 45.7 Å². The summed E-state index contributed by atoms with van der Waals surface area (Å²) in [6.45, 7) is 9.32. The van der Waals surface area contributed by atoms with Gasteiger partial charge in [0.2, 0.25) is 0 Å². The number of nitrogens with zero attached hydrogens (tertiary/aromatic N) is 1. The molecule has 0 aliphatic rings. The largest absolute Gasteiger partial charge is 0.396 e. The Morgan fingerprint density at radius 2 is 1.58 bits per heavy atom. The Labute approximate surface area is 118 Å². The van der Waals surface area contributed by atoms with Crippen LogP contribution in [0.15, 0.2) is 30.3 Å². The summed E-state index contributed by atoms with van der Waals surface area (Å²) in [6.07, 6.45) is 4.50. The minimum Gasteiger partial charge on any atom is -0.396 e. The zero-order chi connectivity index (χ0) is 14.1. The Morgan fingerprint density at radius 1 is 0.947 bits per heavy atom. The highest BCUT2D eigenvalue weighted by Crippen LogP contribution is 2.18. The van der Waals surface area contributed by atoms with E-state index in [1.54, 1.807) is 0 Å². The molecule has 0 saturated carbocycles. The van der Waals surface area contributed by atoms with Gasteiger partial charge in [0.1, 0.15) is 0 Å².